The number of ether oxygens (including phenoxy) is 2. The highest BCUT2D eigenvalue weighted by molar-refractivity contribution is 5.79. The van der Waals surface area contributed by atoms with Crippen molar-refractivity contribution in [2.45, 2.75) is 19.4 Å². The number of carbonyl (C=O) groups is 1. The summed E-state index contributed by atoms with van der Waals surface area (Å²) < 4.78 is 11.0. The van der Waals surface area contributed by atoms with E-state index in [9.17, 15) is 14.9 Å². The molecule has 1 aliphatic heterocycles. The van der Waals surface area contributed by atoms with E-state index in [1.165, 1.54) is 12.1 Å². The van der Waals surface area contributed by atoms with Crippen molar-refractivity contribution in [1.82, 2.24) is 4.90 Å². The average Bonchev–Trinajstić information content (AvgIpc) is 2.66. The molecule has 7 nitrogen and oxygen atoms in total. The Labute approximate surface area is 151 Å². The minimum Gasteiger partial charge on any atom is -0.486 e. The third-order valence-electron chi connectivity index (χ3n) is 4.50. The maximum Gasteiger partial charge on any atom is 0.269 e. The first-order valence-corrected chi connectivity index (χ1v) is 8.34. The van der Waals surface area contributed by atoms with E-state index in [0.717, 1.165) is 11.1 Å². The van der Waals surface area contributed by atoms with Gasteiger partial charge in [-0.2, -0.15) is 0 Å². The van der Waals surface area contributed by atoms with Gasteiger partial charge >= 0.3 is 0 Å². The quantitative estimate of drug-likeness (QED) is 0.607. The van der Waals surface area contributed by atoms with E-state index in [0.29, 0.717) is 24.7 Å². The molecule has 1 heterocycles. The summed E-state index contributed by atoms with van der Waals surface area (Å²) in [6.45, 7) is 2.86. The number of benzene rings is 2. The van der Waals surface area contributed by atoms with Crippen molar-refractivity contribution in [1.29, 1.82) is 0 Å². The fraction of sp³-hybridized carbons (Fsp3) is 0.316. The number of non-ortho nitro benzene ring substituents is 1. The number of hydrogen-bond donors (Lipinski definition) is 0. The van der Waals surface area contributed by atoms with Crippen molar-refractivity contribution in [3.8, 4) is 11.5 Å². The van der Waals surface area contributed by atoms with Crippen LogP contribution in [-0.2, 0) is 11.2 Å². The van der Waals surface area contributed by atoms with Crippen LogP contribution >= 0.6 is 0 Å². The first-order valence-electron chi connectivity index (χ1n) is 8.34. The number of nitro groups is 1. The first kappa shape index (κ1) is 17.7. The summed E-state index contributed by atoms with van der Waals surface area (Å²) in [6.07, 6.45) is 0.215. The maximum absolute atomic E-state index is 12.6. The van der Waals surface area contributed by atoms with E-state index in [2.05, 4.69) is 0 Å². The standard InChI is InChI=1S/C19H20N2O5/c1-13(15-4-3-5-16(12-15)21(23)24)20(2)19(22)11-14-6-7-17-18(10-14)26-9-8-25-17/h3-7,10,12-13H,8-9,11H2,1-2H3/t13-/m0/s1. The maximum atomic E-state index is 12.6. The van der Waals surface area contributed by atoms with Gasteiger partial charge in [0.1, 0.15) is 13.2 Å². The van der Waals surface area contributed by atoms with Crippen LogP contribution in [0.15, 0.2) is 42.5 Å². The second-order valence-electron chi connectivity index (χ2n) is 6.19. The van der Waals surface area contributed by atoms with Crippen molar-refractivity contribution < 1.29 is 19.2 Å². The molecule has 0 N–H and O–H groups in total. The van der Waals surface area contributed by atoms with E-state index in [1.54, 1.807) is 30.1 Å². The van der Waals surface area contributed by atoms with E-state index in [1.807, 2.05) is 19.1 Å². The lowest BCUT2D eigenvalue weighted by atomic mass is 10.0. The summed E-state index contributed by atoms with van der Waals surface area (Å²) in [5.41, 5.74) is 1.57. The molecule has 0 spiro atoms. The molecule has 0 radical (unpaired) electrons. The van der Waals surface area contributed by atoms with Gasteiger partial charge in [-0.25, -0.2) is 0 Å². The summed E-state index contributed by atoms with van der Waals surface area (Å²) in [5.74, 6) is 1.25. The van der Waals surface area contributed by atoms with Crippen LogP contribution in [0.1, 0.15) is 24.1 Å². The lowest BCUT2D eigenvalue weighted by molar-refractivity contribution is -0.384. The van der Waals surface area contributed by atoms with Crippen molar-refractivity contribution in [2.75, 3.05) is 20.3 Å². The zero-order chi connectivity index (χ0) is 18.7. The lowest BCUT2D eigenvalue weighted by Gasteiger charge is -2.25. The molecule has 26 heavy (non-hydrogen) atoms. The molecule has 2 aromatic rings. The molecular weight excluding hydrogens is 336 g/mol. The molecule has 0 saturated carbocycles. The van der Waals surface area contributed by atoms with E-state index < -0.39 is 4.92 Å². The van der Waals surface area contributed by atoms with Gasteiger partial charge < -0.3 is 14.4 Å². The predicted octanol–water partition coefficient (Wildman–Crippen LogP) is 3.13. The molecule has 0 bridgehead atoms. The molecule has 0 aliphatic carbocycles. The molecule has 0 aromatic heterocycles. The van der Waals surface area contributed by atoms with Gasteiger partial charge in [0.25, 0.3) is 5.69 Å². The van der Waals surface area contributed by atoms with E-state index in [-0.39, 0.29) is 24.1 Å². The zero-order valence-corrected chi connectivity index (χ0v) is 14.7. The van der Waals surface area contributed by atoms with Gasteiger partial charge in [0.2, 0.25) is 5.91 Å². The Morgan fingerprint density at radius 3 is 2.65 bits per heavy atom. The van der Waals surface area contributed by atoms with Gasteiger partial charge in [-0.05, 0) is 30.2 Å². The number of carbonyl (C=O) groups excluding carboxylic acids is 1. The van der Waals surface area contributed by atoms with Gasteiger partial charge in [0.05, 0.1) is 17.4 Å². The SMILES string of the molecule is C[C@@H](c1cccc([N+](=O)[O-])c1)N(C)C(=O)Cc1ccc2c(c1)OCCO2. The van der Waals surface area contributed by atoms with Crippen molar-refractivity contribution in [3.05, 3.63) is 63.7 Å². The monoisotopic (exact) mass is 356 g/mol. The van der Waals surface area contributed by atoms with Crippen molar-refractivity contribution in [2.24, 2.45) is 0 Å². The van der Waals surface area contributed by atoms with Crippen LogP contribution in [0.25, 0.3) is 0 Å². The van der Waals surface area contributed by atoms with Gasteiger partial charge in [-0.1, -0.05) is 18.2 Å². The second kappa shape index (κ2) is 7.43. The number of likely N-dealkylation sites (N-methyl/N-ethyl adjacent to an activating group) is 1. The Balaban J connectivity index is 1.71. The molecule has 7 heteroatoms. The van der Waals surface area contributed by atoms with Crippen LogP contribution in [0.5, 0.6) is 11.5 Å². The minimum atomic E-state index is -0.437. The largest absolute Gasteiger partial charge is 0.486 e. The Morgan fingerprint density at radius 2 is 1.92 bits per heavy atom. The second-order valence-corrected chi connectivity index (χ2v) is 6.19. The Morgan fingerprint density at radius 1 is 1.19 bits per heavy atom. The number of nitro benzene ring substituents is 1. The van der Waals surface area contributed by atoms with Crippen LogP contribution in [-0.4, -0.2) is 36.0 Å². The normalized spacial score (nSPS) is 13.8. The van der Waals surface area contributed by atoms with E-state index in [4.69, 9.17) is 9.47 Å². The molecule has 1 amide bonds. The number of rotatable bonds is 5. The Bertz CT molecular complexity index is 836. The molecule has 0 saturated heterocycles. The summed E-state index contributed by atoms with van der Waals surface area (Å²) in [6, 6.07) is 11.5. The molecule has 2 aromatic carbocycles. The number of amides is 1. The molecule has 0 fully saturated rings. The number of nitrogens with zero attached hydrogens (tertiary/aromatic N) is 2. The smallest absolute Gasteiger partial charge is 0.269 e. The Kier molecular flexibility index (Phi) is 5.06. The zero-order valence-electron chi connectivity index (χ0n) is 14.7. The number of hydrogen-bond acceptors (Lipinski definition) is 5. The third-order valence-corrected chi connectivity index (χ3v) is 4.50. The fourth-order valence-electron chi connectivity index (χ4n) is 2.83. The van der Waals surface area contributed by atoms with Crippen molar-refractivity contribution >= 4 is 11.6 Å². The van der Waals surface area contributed by atoms with Gasteiger partial charge in [0, 0.05) is 19.2 Å². The predicted molar refractivity (Wildman–Crippen MR) is 95.4 cm³/mol. The van der Waals surface area contributed by atoms with Crippen molar-refractivity contribution in [3.63, 3.8) is 0 Å². The number of fused-ring (bicyclic) bond motifs is 1. The van der Waals surface area contributed by atoms with Crippen LogP contribution in [0, 0.1) is 10.1 Å². The average molecular weight is 356 g/mol. The summed E-state index contributed by atoms with van der Waals surface area (Å²) >= 11 is 0. The lowest BCUT2D eigenvalue weighted by Crippen LogP contribution is -2.31. The van der Waals surface area contributed by atoms with Gasteiger partial charge in [-0.15, -0.1) is 0 Å². The molecule has 1 atom stereocenters. The van der Waals surface area contributed by atoms with Crippen LogP contribution in [0.3, 0.4) is 0 Å². The molecular formula is C19H20N2O5. The highest BCUT2D eigenvalue weighted by Gasteiger charge is 2.20. The van der Waals surface area contributed by atoms with Crippen LogP contribution < -0.4 is 9.47 Å². The highest BCUT2D eigenvalue weighted by atomic mass is 16.6. The van der Waals surface area contributed by atoms with Crippen LogP contribution in [0.2, 0.25) is 0 Å². The third kappa shape index (κ3) is 3.77. The topological polar surface area (TPSA) is 81.9 Å². The summed E-state index contributed by atoms with van der Waals surface area (Å²) in [5, 5.41) is 10.9. The molecule has 3 rings (SSSR count). The fourth-order valence-corrected chi connectivity index (χ4v) is 2.83. The first-order chi connectivity index (χ1) is 12.5. The Hall–Kier alpha value is -3.09. The molecule has 0 unspecified atom stereocenters. The molecule has 1 aliphatic rings. The van der Waals surface area contributed by atoms with E-state index >= 15 is 0 Å². The summed E-state index contributed by atoms with van der Waals surface area (Å²) in [4.78, 5) is 24.7. The highest BCUT2D eigenvalue weighted by Crippen LogP contribution is 2.31. The van der Waals surface area contributed by atoms with Crippen LogP contribution in [0.4, 0.5) is 5.69 Å². The summed E-state index contributed by atoms with van der Waals surface area (Å²) in [7, 11) is 1.70. The van der Waals surface area contributed by atoms with Gasteiger partial charge in [-0.3, -0.25) is 14.9 Å². The minimum absolute atomic E-state index is 0.0158. The molecule has 136 valence electrons. The van der Waals surface area contributed by atoms with Gasteiger partial charge in [0.15, 0.2) is 11.5 Å².